The van der Waals surface area contributed by atoms with Gasteiger partial charge in [0.25, 0.3) is 5.91 Å². The summed E-state index contributed by atoms with van der Waals surface area (Å²) in [6.45, 7) is 0.519. The van der Waals surface area contributed by atoms with Crippen molar-refractivity contribution in [2.75, 3.05) is 6.54 Å². The Bertz CT molecular complexity index is 513. The number of nitrogens with zero attached hydrogens (tertiary/aromatic N) is 1. The minimum absolute atomic E-state index is 0.0891. The summed E-state index contributed by atoms with van der Waals surface area (Å²) in [6, 6.07) is 5.71. The molecule has 1 saturated carbocycles. The highest BCUT2D eigenvalue weighted by atomic mass is 35.5. The Hall–Kier alpha value is -1.55. The molecule has 0 bridgehead atoms. The Balaban J connectivity index is 1.84. The van der Waals surface area contributed by atoms with Crippen LogP contribution >= 0.6 is 11.6 Å². The summed E-state index contributed by atoms with van der Waals surface area (Å²) in [6.07, 6.45) is 0.892. The van der Waals surface area contributed by atoms with E-state index >= 15 is 0 Å². The molecule has 1 aromatic rings. The quantitative estimate of drug-likeness (QED) is 0.784. The van der Waals surface area contributed by atoms with Crippen molar-refractivity contribution in [1.29, 1.82) is 0 Å². The molecule has 1 heterocycles. The van der Waals surface area contributed by atoms with Gasteiger partial charge in [-0.3, -0.25) is 4.79 Å². The van der Waals surface area contributed by atoms with Gasteiger partial charge in [0.15, 0.2) is 0 Å². The molecule has 5 heteroatoms. The van der Waals surface area contributed by atoms with E-state index in [-0.39, 0.29) is 11.8 Å². The molecule has 94 valence electrons. The van der Waals surface area contributed by atoms with E-state index < -0.39 is 12.0 Å². The third-order valence-corrected chi connectivity index (χ3v) is 4.00. The van der Waals surface area contributed by atoms with Crippen LogP contribution in [0, 0.1) is 11.8 Å². The number of rotatable bonds is 2. The maximum Gasteiger partial charge on any atom is 0.254 e. The number of amides is 1. The second-order valence-electron chi connectivity index (χ2n) is 4.89. The predicted octanol–water partition coefficient (Wildman–Crippen LogP) is 0.550. The number of carboxylic acid groups (broad SMARTS) is 1. The van der Waals surface area contributed by atoms with E-state index in [1.54, 1.807) is 24.3 Å². The largest absolute Gasteiger partial charge is 0.548 e. The second kappa shape index (κ2) is 3.99. The third-order valence-electron chi connectivity index (χ3n) is 3.74. The van der Waals surface area contributed by atoms with Crippen molar-refractivity contribution in [1.82, 2.24) is 4.90 Å². The van der Waals surface area contributed by atoms with Crippen LogP contribution in [-0.4, -0.2) is 29.4 Å². The fraction of sp³-hybridized carbons (Fsp3) is 0.385. The minimum atomic E-state index is -1.15. The molecule has 1 amide bonds. The first kappa shape index (κ1) is 11.5. The number of fused-ring (bicyclic) bond motifs is 1. The molecule has 0 radical (unpaired) electrons. The van der Waals surface area contributed by atoms with Gasteiger partial charge in [0.05, 0.1) is 12.0 Å². The van der Waals surface area contributed by atoms with Crippen LogP contribution in [0.2, 0.25) is 5.02 Å². The lowest BCUT2D eigenvalue weighted by Gasteiger charge is -2.28. The summed E-state index contributed by atoms with van der Waals surface area (Å²) in [5, 5.41) is 11.7. The van der Waals surface area contributed by atoms with E-state index in [9.17, 15) is 14.7 Å². The van der Waals surface area contributed by atoms with Crippen molar-refractivity contribution in [3.63, 3.8) is 0 Å². The van der Waals surface area contributed by atoms with Gasteiger partial charge in [-0.15, -0.1) is 0 Å². The number of likely N-dealkylation sites (tertiary alicyclic amines) is 1. The lowest BCUT2D eigenvalue weighted by Crippen LogP contribution is -2.49. The second-order valence-corrected chi connectivity index (χ2v) is 5.32. The summed E-state index contributed by atoms with van der Waals surface area (Å²) in [7, 11) is 0. The number of benzene rings is 1. The van der Waals surface area contributed by atoms with Crippen LogP contribution < -0.4 is 5.11 Å². The van der Waals surface area contributed by atoms with E-state index in [1.165, 1.54) is 4.90 Å². The summed E-state index contributed by atoms with van der Waals surface area (Å²) in [5.41, 5.74) is 0.465. The maximum absolute atomic E-state index is 12.2. The molecule has 2 fully saturated rings. The van der Waals surface area contributed by atoms with Gasteiger partial charge in [-0.05, 0) is 42.5 Å². The first-order chi connectivity index (χ1) is 8.58. The average Bonchev–Trinajstić information content (AvgIpc) is 2.99. The first-order valence-corrected chi connectivity index (χ1v) is 6.23. The Morgan fingerprint density at radius 1 is 1.28 bits per heavy atom. The molecular formula is C13H11ClNO3-. The highest BCUT2D eigenvalue weighted by Crippen LogP contribution is 2.49. The van der Waals surface area contributed by atoms with Crippen LogP contribution in [0.15, 0.2) is 24.3 Å². The Labute approximate surface area is 109 Å². The number of carbonyl (C=O) groups excluding carboxylic acids is 2. The molecule has 0 N–H and O–H groups in total. The van der Waals surface area contributed by atoms with Crippen LogP contribution in [-0.2, 0) is 4.79 Å². The Kier molecular flexibility index (Phi) is 2.55. The smallest absolute Gasteiger partial charge is 0.254 e. The summed E-state index contributed by atoms with van der Waals surface area (Å²) in [5.74, 6) is -0.981. The lowest BCUT2D eigenvalue weighted by atomic mass is 10.1. The van der Waals surface area contributed by atoms with Crippen molar-refractivity contribution < 1.29 is 14.7 Å². The zero-order valence-electron chi connectivity index (χ0n) is 9.51. The highest BCUT2D eigenvalue weighted by Gasteiger charge is 2.54. The van der Waals surface area contributed by atoms with E-state index in [2.05, 4.69) is 0 Å². The molecule has 18 heavy (non-hydrogen) atoms. The van der Waals surface area contributed by atoms with Crippen LogP contribution in [0.1, 0.15) is 16.8 Å². The van der Waals surface area contributed by atoms with Crippen molar-refractivity contribution in [3.8, 4) is 0 Å². The summed E-state index contributed by atoms with van der Waals surface area (Å²) < 4.78 is 0. The first-order valence-electron chi connectivity index (χ1n) is 5.85. The number of halogens is 1. The number of carboxylic acids is 1. The van der Waals surface area contributed by atoms with Gasteiger partial charge in [-0.25, -0.2) is 0 Å². The van der Waals surface area contributed by atoms with Crippen LogP contribution in [0.3, 0.4) is 0 Å². The van der Waals surface area contributed by atoms with Gasteiger partial charge in [0.2, 0.25) is 0 Å². The molecule has 1 aliphatic heterocycles. The monoisotopic (exact) mass is 264 g/mol. The van der Waals surface area contributed by atoms with Crippen molar-refractivity contribution in [2.24, 2.45) is 11.8 Å². The molecule has 1 aliphatic carbocycles. The van der Waals surface area contributed by atoms with E-state index in [0.717, 1.165) is 6.42 Å². The van der Waals surface area contributed by atoms with Crippen LogP contribution in [0.25, 0.3) is 0 Å². The van der Waals surface area contributed by atoms with Crippen LogP contribution in [0.4, 0.5) is 0 Å². The predicted molar refractivity (Wildman–Crippen MR) is 62.9 cm³/mol. The van der Waals surface area contributed by atoms with E-state index in [0.29, 0.717) is 23.0 Å². The maximum atomic E-state index is 12.2. The van der Waals surface area contributed by atoms with Gasteiger partial charge >= 0.3 is 0 Å². The van der Waals surface area contributed by atoms with Gasteiger partial charge in [-0.1, -0.05) is 11.6 Å². The topological polar surface area (TPSA) is 60.4 Å². The van der Waals surface area contributed by atoms with Crippen molar-refractivity contribution in [2.45, 2.75) is 12.5 Å². The zero-order chi connectivity index (χ0) is 12.9. The molecule has 1 saturated heterocycles. The number of piperidine rings is 1. The van der Waals surface area contributed by atoms with Crippen molar-refractivity contribution >= 4 is 23.5 Å². The SMILES string of the molecule is O=C([O-])[C@H]1[C@@H]2C[C@@H]2CN1C(=O)c1ccc(Cl)cc1. The fourth-order valence-electron chi connectivity index (χ4n) is 2.73. The van der Waals surface area contributed by atoms with E-state index in [4.69, 9.17) is 11.6 Å². The normalized spacial score (nSPS) is 28.9. The van der Waals surface area contributed by atoms with E-state index in [1.807, 2.05) is 0 Å². The number of carbonyl (C=O) groups is 2. The highest BCUT2D eigenvalue weighted by molar-refractivity contribution is 6.30. The lowest BCUT2D eigenvalue weighted by molar-refractivity contribution is -0.310. The van der Waals surface area contributed by atoms with Gasteiger partial charge < -0.3 is 14.8 Å². The molecule has 2 aliphatic rings. The average molecular weight is 265 g/mol. The Morgan fingerprint density at radius 2 is 1.94 bits per heavy atom. The molecule has 0 unspecified atom stereocenters. The zero-order valence-corrected chi connectivity index (χ0v) is 10.3. The summed E-state index contributed by atoms with van der Waals surface area (Å²) >= 11 is 5.76. The summed E-state index contributed by atoms with van der Waals surface area (Å²) in [4.78, 5) is 24.8. The molecule has 4 nitrogen and oxygen atoms in total. The number of aliphatic carboxylic acids is 1. The molecule has 3 rings (SSSR count). The fourth-order valence-corrected chi connectivity index (χ4v) is 2.86. The molecular weight excluding hydrogens is 254 g/mol. The minimum Gasteiger partial charge on any atom is -0.548 e. The van der Waals surface area contributed by atoms with Gasteiger partial charge in [-0.2, -0.15) is 0 Å². The van der Waals surface area contributed by atoms with Gasteiger partial charge in [0, 0.05) is 17.1 Å². The molecule has 0 spiro atoms. The van der Waals surface area contributed by atoms with Crippen molar-refractivity contribution in [3.05, 3.63) is 34.9 Å². The van der Waals surface area contributed by atoms with Crippen LogP contribution in [0.5, 0.6) is 0 Å². The number of hydrogen-bond donors (Lipinski definition) is 0. The Morgan fingerprint density at radius 3 is 2.56 bits per heavy atom. The third kappa shape index (κ3) is 1.77. The standard InChI is InChI=1S/C13H12ClNO3/c14-9-3-1-7(2-4-9)12(16)15-6-8-5-10(8)11(15)13(17)18/h1-4,8,10-11H,5-6H2,(H,17,18)/p-1/t8-,10-,11-/m1/s1. The molecule has 0 aromatic heterocycles. The number of hydrogen-bond acceptors (Lipinski definition) is 3. The molecule has 1 aromatic carbocycles. The molecule has 3 atom stereocenters. The van der Waals surface area contributed by atoms with Gasteiger partial charge in [0.1, 0.15) is 0 Å².